The van der Waals surface area contributed by atoms with Crippen LogP contribution in [-0.2, 0) is 6.42 Å². The fraction of sp³-hybridized carbons (Fsp3) is 0.733. The van der Waals surface area contributed by atoms with E-state index >= 15 is 0 Å². The van der Waals surface area contributed by atoms with Crippen molar-refractivity contribution < 1.29 is 0 Å². The summed E-state index contributed by atoms with van der Waals surface area (Å²) in [6, 6.07) is 2.86. The molecule has 1 nitrogen and oxygen atoms in total. The summed E-state index contributed by atoms with van der Waals surface area (Å²) in [5, 5.41) is 5.98. The first-order valence-electron chi connectivity index (χ1n) is 7.26. The topological polar surface area (TPSA) is 12.0 Å². The fourth-order valence-corrected chi connectivity index (χ4v) is 4.52. The van der Waals surface area contributed by atoms with Crippen LogP contribution < -0.4 is 5.32 Å². The van der Waals surface area contributed by atoms with Gasteiger partial charge < -0.3 is 5.32 Å². The Labute approximate surface area is 123 Å². The molecule has 1 aromatic rings. The monoisotopic (exact) mass is 329 g/mol. The van der Waals surface area contributed by atoms with Gasteiger partial charge in [-0.05, 0) is 65.5 Å². The molecule has 3 heteroatoms. The molecule has 1 N–H and O–H groups in total. The molecule has 1 unspecified atom stereocenters. The maximum atomic E-state index is 3.79. The quantitative estimate of drug-likeness (QED) is 0.774. The molecule has 1 aliphatic carbocycles. The molecule has 102 valence electrons. The molecule has 0 spiro atoms. The van der Waals surface area contributed by atoms with Crippen LogP contribution in [0.25, 0.3) is 0 Å². The van der Waals surface area contributed by atoms with Gasteiger partial charge in [0, 0.05) is 15.4 Å². The maximum absolute atomic E-state index is 3.79. The summed E-state index contributed by atoms with van der Waals surface area (Å²) >= 11 is 5.56. The number of nitrogens with one attached hydrogen (secondary N) is 1. The SMILES string of the molecule is CCCNC(Cc1sccc1Br)C1CCCCC1. The lowest BCUT2D eigenvalue weighted by Gasteiger charge is -2.31. The Balaban J connectivity index is 1.97. The minimum absolute atomic E-state index is 0.681. The van der Waals surface area contributed by atoms with Gasteiger partial charge in [0.05, 0.1) is 0 Å². The average molecular weight is 330 g/mol. The number of rotatable bonds is 6. The standard InChI is InChI=1S/C15H24BrNS/c1-2-9-17-14(12-6-4-3-5-7-12)11-15-13(16)8-10-18-15/h8,10,12,14,17H,2-7,9,11H2,1H3. The van der Waals surface area contributed by atoms with E-state index in [0.717, 1.165) is 12.5 Å². The van der Waals surface area contributed by atoms with Crippen LogP contribution in [0.5, 0.6) is 0 Å². The van der Waals surface area contributed by atoms with Crippen LogP contribution in [0, 0.1) is 5.92 Å². The lowest BCUT2D eigenvalue weighted by Crippen LogP contribution is -2.39. The van der Waals surface area contributed by atoms with Gasteiger partial charge >= 0.3 is 0 Å². The number of hydrogen-bond donors (Lipinski definition) is 1. The zero-order chi connectivity index (χ0) is 12.8. The van der Waals surface area contributed by atoms with Crippen molar-refractivity contribution in [2.45, 2.75) is 57.9 Å². The van der Waals surface area contributed by atoms with Crippen molar-refractivity contribution in [1.29, 1.82) is 0 Å². The van der Waals surface area contributed by atoms with Crippen molar-refractivity contribution in [3.63, 3.8) is 0 Å². The summed E-state index contributed by atoms with van der Waals surface area (Å²) in [5.74, 6) is 0.888. The molecule has 1 aliphatic rings. The first-order valence-corrected chi connectivity index (χ1v) is 8.93. The molecule has 0 radical (unpaired) electrons. The molecule has 0 aromatic carbocycles. The fourth-order valence-electron chi connectivity index (χ4n) is 2.94. The lowest BCUT2D eigenvalue weighted by atomic mass is 9.82. The predicted molar refractivity (Wildman–Crippen MR) is 84.4 cm³/mol. The summed E-state index contributed by atoms with van der Waals surface area (Å²) in [4.78, 5) is 1.51. The molecule has 1 atom stereocenters. The van der Waals surface area contributed by atoms with E-state index in [1.165, 1.54) is 54.3 Å². The highest BCUT2D eigenvalue weighted by molar-refractivity contribution is 9.10. The van der Waals surface area contributed by atoms with Gasteiger partial charge in [-0.15, -0.1) is 11.3 Å². The van der Waals surface area contributed by atoms with Gasteiger partial charge in [-0.1, -0.05) is 26.2 Å². The Morgan fingerprint density at radius 2 is 2.17 bits per heavy atom. The van der Waals surface area contributed by atoms with Gasteiger partial charge in [-0.3, -0.25) is 0 Å². The molecular weight excluding hydrogens is 306 g/mol. The normalized spacial score (nSPS) is 19.0. The molecule has 1 heterocycles. The average Bonchev–Trinajstić information content (AvgIpc) is 2.81. The van der Waals surface area contributed by atoms with Gasteiger partial charge in [0.2, 0.25) is 0 Å². The second-order valence-electron chi connectivity index (χ2n) is 5.35. The third kappa shape index (κ3) is 4.07. The van der Waals surface area contributed by atoms with Crippen molar-refractivity contribution >= 4 is 27.3 Å². The van der Waals surface area contributed by atoms with Crippen molar-refractivity contribution in [3.05, 3.63) is 20.8 Å². The van der Waals surface area contributed by atoms with E-state index in [0.29, 0.717) is 6.04 Å². The largest absolute Gasteiger partial charge is 0.313 e. The molecule has 0 aliphatic heterocycles. The van der Waals surface area contributed by atoms with Crippen molar-refractivity contribution in [1.82, 2.24) is 5.32 Å². The van der Waals surface area contributed by atoms with E-state index in [9.17, 15) is 0 Å². The Morgan fingerprint density at radius 3 is 2.78 bits per heavy atom. The zero-order valence-corrected chi connectivity index (χ0v) is 13.7. The Kier molecular flexibility index (Phi) is 6.19. The van der Waals surface area contributed by atoms with E-state index in [2.05, 4.69) is 39.6 Å². The third-order valence-corrected chi connectivity index (χ3v) is 5.92. The molecule has 0 saturated heterocycles. The molecule has 0 amide bonds. The van der Waals surface area contributed by atoms with Crippen LogP contribution in [0.15, 0.2) is 15.9 Å². The van der Waals surface area contributed by atoms with Crippen LogP contribution in [0.2, 0.25) is 0 Å². The van der Waals surface area contributed by atoms with Crippen LogP contribution in [0.1, 0.15) is 50.3 Å². The van der Waals surface area contributed by atoms with Gasteiger partial charge in [0.15, 0.2) is 0 Å². The molecule has 1 aromatic heterocycles. The number of hydrogen-bond acceptors (Lipinski definition) is 2. The molecule has 2 rings (SSSR count). The minimum Gasteiger partial charge on any atom is -0.313 e. The Bertz CT molecular complexity index is 344. The second-order valence-corrected chi connectivity index (χ2v) is 7.21. The van der Waals surface area contributed by atoms with Crippen molar-refractivity contribution in [2.24, 2.45) is 5.92 Å². The predicted octanol–water partition coefficient (Wildman–Crippen LogP) is 5.00. The lowest BCUT2D eigenvalue weighted by molar-refractivity contribution is 0.268. The van der Waals surface area contributed by atoms with Crippen LogP contribution in [-0.4, -0.2) is 12.6 Å². The molecule has 18 heavy (non-hydrogen) atoms. The summed E-state index contributed by atoms with van der Waals surface area (Å²) < 4.78 is 1.30. The number of halogens is 1. The van der Waals surface area contributed by atoms with E-state index in [4.69, 9.17) is 0 Å². The third-order valence-electron chi connectivity index (χ3n) is 3.97. The molecular formula is C15H24BrNS. The summed E-state index contributed by atoms with van der Waals surface area (Å²) in [7, 11) is 0. The van der Waals surface area contributed by atoms with Crippen LogP contribution in [0.3, 0.4) is 0 Å². The van der Waals surface area contributed by atoms with Gasteiger partial charge in [0.25, 0.3) is 0 Å². The molecule has 0 bridgehead atoms. The Morgan fingerprint density at radius 1 is 1.39 bits per heavy atom. The summed E-state index contributed by atoms with van der Waals surface area (Å²) in [6.07, 6.45) is 9.58. The summed E-state index contributed by atoms with van der Waals surface area (Å²) in [6.45, 7) is 3.41. The van der Waals surface area contributed by atoms with Crippen molar-refractivity contribution in [2.75, 3.05) is 6.54 Å². The smallest absolute Gasteiger partial charge is 0.0314 e. The second kappa shape index (κ2) is 7.66. The van der Waals surface area contributed by atoms with E-state index < -0.39 is 0 Å². The first kappa shape index (κ1) is 14.5. The zero-order valence-electron chi connectivity index (χ0n) is 11.3. The minimum atomic E-state index is 0.681. The maximum Gasteiger partial charge on any atom is 0.0314 e. The Hall–Kier alpha value is 0.140. The van der Waals surface area contributed by atoms with Crippen LogP contribution in [0.4, 0.5) is 0 Å². The van der Waals surface area contributed by atoms with E-state index in [1.54, 1.807) is 0 Å². The van der Waals surface area contributed by atoms with Crippen LogP contribution >= 0.6 is 27.3 Å². The van der Waals surface area contributed by atoms with Gasteiger partial charge in [-0.25, -0.2) is 0 Å². The highest BCUT2D eigenvalue weighted by atomic mass is 79.9. The molecule has 1 saturated carbocycles. The summed E-state index contributed by atoms with van der Waals surface area (Å²) in [5.41, 5.74) is 0. The molecule has 1 fully saturated rings. The number of thiophene rings is 1. The van der Waals surface area contributed by atoms with E-state index in [-0.39, 0.29) is 0 Å². The highest BCUT2D eigenvalue weighted by Gasteiger charge is 2.24. The van der Waals surface area contributed by atoms with Crippen molar-refractivity contribution in [3.8, 4) is 0 Å². The van der Waals surface area contributed by atoms with E-state index in [1.807, 2.05) is 11.3 Å². The van der Waals surface area contributed by atoms with Gasteiger partial charge in [-0.2, -0.15) is 0 Å². The van der Waals surface area contributed by atoms with Gasteiger partial charge in [0.1, 0.15) is 0 Å². The first-order chi connectivity index (χ1) is 8.81. The highest BCUT2D eigenvalue weighted by Crippen LogP contribution is 2.31.